The van der Waals surface area contributed by atoms with E-state index in [4.69, 9.17) is 25.0 Å². The van der Waals surface area contributed by atoms with Gasteiger partial charge in [-0.1, -0.05) is 11.2 Å². The number of aromatic nitrogens is 3. The number of nitrogens with two attached hydrogens (primary N) is 1. The third-order valence-corrected chi connectivity index (χ3v) is 11.4. The van der Waals surface area contributed by atoms with Gasteiger partial charge in [0, 0.05) is 36.4 Å². The lowest BCUT2D eigenvalue weighted by Crippen LogP contribution is -2.38. The number of hydrogen-bond acceptors (Lipinski definition) is 9. The van der Waals surface area contributed by atoms with Crippen molar-refractivity contribution in [1.29, 1.82) is 5.26 Å². The molecular formula is C34H41N7O2. The van der Waals surface area contributed by atoms with Gasteiger partial charge in [-0.15, -0.1) is 0 Å². The summed E-state index contributed by atoms with van der Waals surface area (Å²) >= 11 is 0. The zero-order valence-electron chi connectivity index (χ0n) is 25.4. The van der Waals surface area contributed by atoms with Crippen molar-refractivity contribution in [1.82, 2.24) is 20.0 Å². The van der Waals surface area contributed by atoms with Crippen molar-refractivity contribution in [3.8, 4) is 23.5 Å². The first-order valence-corrected chi connectivity index (χ1v) is 16.2. The highest BCUT2D eigenvalue weighted by atomic mass is 16.5. The second kappa shape index (κ2) is 9.95. The highest BCUT2D eigenvalue weighted by Crippen LogP contribution is 2.55. The van der Waals surface area contributed by atoms with Gasteiger partial charge in [0.05, 0.1) is 11.0 Å². The minimum absolute atomic E-state index is 0.0125. The molecule has 8 rings (SSSR count). The maximum Gasteiger partial charge on any atom is 0.219 e. The van der Waals surface area contributed by atoms with Crippen LogP contribution in [0.5, 0.6) is 5.88 Å². The number of hydrogen-bond donors (Lipinski definition) is 1. The Morgan fingerprint density at radius 1 is 1.07 bits per heavy atom. The normalized spacial score (nSPS) is 26.3. The fourth-order valence-corrected chi connectivity index (χ4v) is 8.69. The van der Waals surface area contributed by atoms with E-state index in [-0.39, 0.29) is 6.10 Å². The van der Waals surface area contributed by atoms with Crippen LogP contribution in [0.4, 0.5) is 11.5 Å². The molecule has 0 amide bonds. The molecule has 0 radical (unpaired) electrons. The first-order valence-electron chi connectivity index (χ1n) is 16.2. The van der Waals surface area contributed by atoms with E-state index >= 15 is 0 Å². The molecule has 3 aromatic rings. The highest BCUT2D eigenvalue weighted by molar-refractivity contribution is 5.68. The van der Waals surface area contributed by atoms with Crippen LogP contribution in [0.2, 0.25) is 0 Å². The number of nitrogen functional groups attached to an aromatic ring is 1. The predicted octanol–water partition coefficient (Wildman–Crippen LogP) is 5.40. The van der Waals surface area contributed by atoms with Crippen LogP contribution in [-0.2, 0) is 18.3 Å². The summed E-state index contributed by atoms with van der Waals surface area (Å²) < 4.78 is 12.9. The van der Waals surface area contributed by atoms with Crippen molar-refractivity contribution in [2.75, 3.05) is 37.3 Å². The van der Waals surface area contributed by atoms with Gasteiger partial charge < -0.3 is 19.9 Å². The third-order valence-electron chi connectivity index (χ3n) is 11.4. The fourth-order valence-electron chi connectivity index (χ4n) is 8.69. The average Bonchev–Trinajstić information content (AvgIpc) is 3.32. The summed E-state index contributed by atoms with van der Waals surface area (Å²) in [7, 11) is 2.18. The summed E-state index contributed by atoms with van der Waals surface area (Å²) in [5.41, 5.74) is 11.6. The maximum atomic E-state index is 10.1. The second-order valence-corrected chi connectivity index (χ2v) is 13.8. The number of aryl methyl sites for hydroxylation is 1. The van der Waals surface area contributed by atoms with Crippen LogP contribution in [0.3, 0.4) is 0 Å². The van der Waals surface area contributed by atoms with Crippen molar-refractivity contribution < 1.29 is 9.26 Å². The molecule has 2 aliphatic heterocycles. The van der Waals surface area contributed by atoms with Crippen molar-refractivity contribution in [2.45, 2.75) is 95.1 Å². The molecule has 3 atom stereocenters. The van der Waals surface area contributed by atoms with Gasteiger partial charge >= 0.3 is 0 Å². The van der Waals surface area contributed by atoms with Crippen LogP contribution >= 0.6 is 0 Å². The predicted molar refractivity (Wildman–Crippen MR) is 164 cm³/mol. The first kappa shape index (κ1) is 26.9. The summed E-state index contributed by atoms with van der Waals surface area (Å²) in [6.45, 7) is 5.27. The summed E-state index contributed by atoms with van der Waals surface area (Å²) in [4.78, 5) is 14.9. The quantitative estimate of drug-likeness (QED) is 0.397. The maximum absolute atomic E-state index is 10.1. The Labute approximate surface area is 253 Å². The van der Waals surface area contributed by atoms with Crippen LogP contribution in [-0.4, -0.2) is 58.9 Å². The smallest absolute Gasteiger partial charge is 0.219 e. The Morgan fingerprint density at radius 3 is 2.65 bits per heavy atom. The number of nitriles is 1. The van der Waals surface area contributed by atoms with Crippen LogP contribution in [0.15, 0.2) is 22.7 Å². The van der Waals surface area contributed by atoms with E-state index in [9.17, 15) is 5.26 Å². The van der Waals surface area contributed by atoms with Crippen LogP contribution in [0.25, 0.3) is 11.5 Å². The van der Waals surface area contributed by atoms with E-state index in [1.54, 1.807) is 0 Å². The molecular weight excluding hydrogens is 538 g/mol. The zero-order valence-corrected chi connectivity index (χ0v) is 25.4. The van der Waals surface area contributed by atoms with Crippen molar-refractivity contribution in [2.24, 2.45) is 5.41 Å². The zero-order chi connectivity index (χ0) is 29.3. The molecule has 2 saturated heterocycles. The molecule has 0 bridgehead atoms. The van der Waals surface area contributed by atoms with Gasteiger partial charge in [-0.3, -0.25) is 4.90 Å². The van der Waals surface area contributed by atoms with Crippen LogP contribution in [0, 0.1) is 16.7 Å². The largest absolute Gasteiger partial charge is 0.473 e. The lowest BCUT2D eigenvalue weighted by molar-refractivity contribution is 0.117. The number of benzene rings is 1. The molecule has 1 saturated carbocycles. The minimum atomic E-state index is -0.390. The van der Waals surface area contributed by atoms with E-state index in [1.165, 1.54) is 37.7 Å². The van der Waals surface area contributed by atoms with E-state index < -0.39 is 5.41 Å². The SMILES string of the molecule is CC(Oc1cc(N2CCC3(CC2)CC3)nc(-c2noc3c2CCCC32CCc3ccc(N)c(C#N)c32)n1)C1CCCN1C. The molecule has 3 unspecified atom stereocenters. The average molecular weight is 580 g/mol. The number of ether oxygens (including phenoxy) is 1. The van der Waals surface area contributed by atoms with Crippen molar-refractivity contribution in [3.63, 3.8) is 0 Å². The second-order valence-electron chi connectivity index (χ2n) is 13.8. The number of anilines is 2. The molecule has 1 aromatic carbocycles. The Hall–Kier alpha value is -3.64. The molecule has 3 aliphatic carbocycles. The highest BCUT2D eigenvalue weighted by Gasteiger charge is 2.49. The van der Waals surface area contributed by atoms with E-state index in [0.717, 1.165) is 80.9 Å². The van der Waals surface area contributed by atoms with E-state index in [0.29, 0.717) is 40.1 Å². The van der Waals surface area contributed by atoms with Gasteiger partial charge in [0.1, 0.15) is 18.0 Å². The number of likely N-dealkylation sites (tertiary alicyclic amines) is 1. The first-order chi connectivity index (χ1) is 20.9. The molecule has 4 heterocycles. The monoisotopic (exact) mass is 579 g/mol. The number of piperidine rings is 1. The third kappa shape index (κ3) is 4.32. The Morgan fingerprint density at radius 2 is 1.91 bits per heavy atom. The lowest BCUT2D eigenvalue weighted by atomic mass is 9.68. The molecule has 5 aliphatic rings. The summed E-state index contributed by atoms with van der Waals surface area (Å²) in [6.07, 6.45) is 12.0. The Balaban J connectivity index is 1.19. The number of likely N-dealkylation sites (N-methyl/N-ethyl adjacent to an activating group) is 1. The molecule has 2 spiro atoms. The van der Waals surface area contributed by atoms with Gasteiger partial charge in [0.15, 0.2) is 17.3 Å². The number of nitrogens with zero attached hydrogens (tertiary/aromatic N) is 6. The Kier molecular flexibility index (Phi) is 6.23. The summed E-state index contributed by atoms with van der Waals surface area (Å²) in [5.74, 6) is 2.95. The molecule has 3 fully saturated rings. The van der Waals surface area contributed by atoms with Crippen molar-refractivity contribution in [3.05, 3.63) is 46.2 Å². The lowest BCUT2D eigenvalue weighted by Gasteiger charge is -2.34. The number of rotatable bonds is 5. The van der Waals surface area contributed by atoms with Crippen LogP contribution < -0.4 is 15.4 Å². The molecule has 9 heteroatoms. The topological polar surface area (TPSA) is 117 Å². The molecule has 2 N–H and O–H groups in total. The van der Waals surface area contributed by atoms with Gasteiger partial charge in [-0.25, -0.2) is 4.98 Å². The van der Waals surface area contributed by atoms with Gasteiger partial charge in [-0.2, -0.15) is 10.2 Å². The van der Waals surface area contributed by atoms with Crippen LogP contribution in [0.1, 0.15) is 92.7 Å². The van der Waals surface area contributed by atoms with Gasteiger partial charge in [0.2, 0.25) is 5.88 Å². The Bertz CT molecular complexity index is 1610. The van der Waals surface area contributed by atoms with E-state index in [1.807, 2.05) is 12.1 Å². The minimum Gasteiger partial charge on any atom is -0.473 e. The van der Waals surface area contributed by atoms with Gasteiger partial charge in [0.25, 0.3) is 0 Å². The van der Waals surface area contributed by atoms with Crippen molar-refractivity contribution >= 4 is 11.5 Å². The van der Waals surface area contributed by atoms with Gasteiger partial charge in [-0.05, 0) is 114 Å². The molecule has 9 nitrogen and oxygen atoms in total. The standard InChI is InChI=1S/C34H41N7O2/c1-21(26-6-4-16-40(26)2)42-28-19-27(41-17-14-33(12-13-33)15-18-41)37-32(38-28)30-23-5-3-10-34(31(23)43-39-30)11-9-22-7-8-25(36)24(20-35)29(22)34/h7-8,19,21,26H,3-6,9-18,36H2,1-2H3. The summed E-state index contributed by atoms with van der Waals surface area (Å²) in [5, 5.41) is 14.8. The summed E-state index contributed by atoms with van der Waals surface area (Å²) in [6, 6.07) is 8.75. The fraction of sp³-hybridized carbons (Fsp3) is 0.588. The molecule has 43 heavy (non-hydrogen) atoms. The number of fused-ring (bicyclic) bond motifs is 4. The van der Waals surface area contributed by atoms with E-state index in [2.05, 4.69) is 41.1 Å². The molecule has 2 aromatic heterocycles. The molecule has 224 valence electrons.